The summed E-state index contributed by atoms with van der Waals surface area (Å²) in [5, 5.41) is 10.1. The van der Waals surface area contributed by atoms with Crippen LogP contribution in [0.2, 0.25) is 0 Å². The van der Waals surface area contributed by atoms with Crippen molar-refractivity contribution in [3.63, 3.8) is 0 Å². The Morgan fingerprint density at radius 1 is 0.862 bits per heavy atom. The minimum Gasteiger partial charge on any atom is -0.390 e. The minimum atomic E-state index is -4.13. The molecular formula is C23H46O5S. The Morgan fingerprint density at radius 3 is 1.76 bits per heavy atom. The van der Waals surface area contributed by atoms with Gasteiger partial charge in [-0.2, -0.15) is 8.42 Å². The largest absolute Gasteiger partial charge is 0.400 e. The van der Waals surface area contributed by atoms with E-state index in [0.29, 0.717) is 6.42 Å². The van der Waals surface area contributed by atoms with Crippen molar-refractivity contribution in [3.05, 3.63) is 12.2 Å². The fraction of sp³-hybridized carbons (Fsp3) is 0.913. The lowest BCUT2D eigenvalue weighted by atomic mass is 9.93. The van der Waals surface area contributed by atoms with Gasteiger partial charge in [0.1, 0.15) is 5.60 Å². The van der Waals surface area contributed by atoms with Crippen LogP contribution in [0, 0.1) is 0 Å². The molecule has 0 heterocycles. The molecule has 0 radical (unpaired) electrons. The van der Waals surface area contributed by atoms with Crippen LogP contribution in [0.25, 0.3) is 0 Å². The number of unbranched alkanes of at least 4 members (excludes halogenated alkanes) is 12. The van der Waals surface area contributed by atoms with E-state index in [1.807, 2.05) is 6.08 Å². The predicted molar refractivity (Wildman–Crippen MR) is 121 cm³/mol. The van der Waals surface area contributed by atoms with Crippen molar-refractivity contribution < 1.29 is 21.9 Å². The molecule has 1 N–H and O–H groups in total. The van der Waals surface area contributed by atoms with Gasteiger partial charge in [0.25, 0.3) is 0 Å². The van der Waals surface area contributed by atoms with Gasteiger partial charge in [0.05, 0.1) is 12.7 Å². The average Bonchev–Trinajstić information content (AvgIpc) is 2.66. The molecule has 29 heavy (non-hydrogen) atoms. The Morgan fingerprint density at radius 2 is 1.34 bits per heavy atom. The van der Waals surface area contributed by atoms with E-state index in [9.17, 15) is 13.5 Å². The van der Waals surface area contributed by atoms with E-state index in [1.165, 1.54) is 70.6 Å². The molecule has 0 fully saturated rings. The highest BCUT2D eigenvalue weighted by Gasteiger charge is 2.37. The second kappa shape index (κ2) is 17.3. The lowest BCUT2D eigenvalue weighted by Gasteiger charge is -2.31. The van der Waals surface area contributed by atoms with Gasteiger partial charge in [-0.1, -0.05) is 96.6 Å². The Bertz CT molecular complexity index is 501. The third-order valence-corrected chi connectivity index (χ3v) is 6.44. The van der Waals surface area contributed by atoms with Crippen molar-refractivity contribution in [2.24, 2.45) is 0 Å². The summed E-state index contributed by atoms with van der Waals surface area (Å²) in [6, 6.07) is 0. The Hall–Kier alpha value is -0.430. The number of rotatable bonds is 20. The summed E-state index contributed by atoms with van der Waals surface area (Å²) >= 11 is 0. The molecule has 2 atom stereocenters. The molecule has 5 nitrogen and oxygen atoms in total. The SMILES string of the molecule is CCCCCCCCCCCCCC/C=C/C(CC)(OS(=O)(=O)OCC)C(C)O. The van der Waals surface area contributed by atoms with Crippen molar-refractivity contribution in [1.29, 1.82) is 0 Å². The maximum absolute atomic E-state index is 11.9. The van der Waals surface area contributed by atoms with E-state index >= 15 is 0 Å². The number of aliphatic hydroxyl groups excluding tert-OH is 1. The zero-order valence-corrected chi connectivity index (χ0v) is 20.1. The Kier molecular flexibility index (Phi) is 17.0. The van der Waals surface area contributed by atoms with Gasteiger partial charge in [-0.25, -0.2) is 8.37 Å². The zero-order valence-electron chi connectivity index (χ0n) is 19.3. The van der Waals surface area contributed by atoms with Crippen LogP contribution in [-0.4, -0.2) is 31.8 Å². The molecule has 0 spiro atoms. The van der Waals surface area contributed by atoms with Gasteiger partial charge in [0.2, 0.25) is 0 Å². The third-order valence-electron chi connectivity index (χ3n) is 5.40. The van der Waals surface area contributed by atoms with E-state index in [0.717, 1.165) is 12.8 Å². The zero-order chi connectivity index (χ0) is 22.0. The standard InChI is InChI=1S/C23H46O5S/c1-5-8-9-10-11-12-13-14-15-16-17-18-19-20-21-23(6-2,22(4)24)28-29(25,26)27-7-3/h20-22,24H,5-19H2,1-4H3/b21-20+. The van der Waals surface area contributed by atoms with E-state index < -0.39 is 22.1 Å². The Balaban J connectivity index is 4.04. The molecule has 2 unspecified atom stereocenters. The second-order valence-corrected chi connectivity index (χ2v) is 9.18. The van der Waals surface area contributed by atoms with Crippen LogP contribution in [0.15, 0.2) is 12.2 Å². The molecule has 0 aliphatic heterocycles. The first-order valence-corrected chi connectivity index (χ1v) is 13.1. The summed E-state index contributed by atoms with van der Waals surface area (Å²) in [4.78, 5) is 0. The molecule has 0 bridgehead atoms. The average molecular weight is 435 g/mol. The predicted octanol–water partition coefficient (Wildman–Crippen LogP) is 6.46. The highest BCUT2D eigenvalue weighted by atomic mass is 32.3. The molecule has 6 heteroatoms. The lowest BCUT2D eigenvalue weighted by molar-refractivity contribution is -0.0177. The fourth-order valence-electron chi connectivity index (χ4n) is 3.45. The third kappa shape index (κ3) is 14.2. The molecule has 0 amide bonds. The number of allylic oxidation sites excluding steroid dienone is 1. The minimum absolute atomic E-state index is 0.00447. The van der Waals surface area contributed by atoms with E-state index in [4.69, 9.17) is 4.18 Å². The normalized spacial score (nSPS) is 15.6. The van der Waals surface area contributed by atoms with E-state index in [-0.39, 0.29) is 6.61 Å². The van der Waals surface area contributed by atoms with Gasteiger partial charge in [-0.15, -0.1) is 0 Å². The first-order chi connectivity index (χ1) is 13.8. The van der Waals surface area contributed by atoms with Gasteiger partial charge in [0.15, 0.2) is 0 Å². The van der Waals surface area contributed by atoms with E-state index in [1.54, 1.807) is 26.8 Å². The van der Waals surface area contributed by atoms with Crippen molar-refractivity contribution in [2.75, 3.05) is 6.61 Å². The van der Waals surface area contributed by atoms with Gasteiger partial charge in [-0.05, 0) is 33.1 Å². The molecule has 0 rings (SSSR count). The summed E-state index contributed by atoms with van der Waals surface area (Å²) in [6.07, 6.45) is 19.5. The summed E-state index contributed by atoms with van der Waals surface area (Å²) in [6.45, 7) is 7.18. The van der Waals surface area contributed by atoms with Crippen LogP contribution in [0.1, 0.15) is 118 Å². The number of aliphatic hydroxyl groups is 1. The quantitative estimate of drug-likeness (QED) is 0.176. The van der Waals surface area contributed by atoms with Crippen molar-refractivity contribution in [3.8, 4) is 0 Å². The van der Waals surface area contributed by atoms with Gasteiger partial charge < -0.3 is 5.11 Å². The topological polar surface area (TPSA) is 72.8 Å². The maximum atomic E-state index is 11.9. The van der Waals surface area contributed by atoms with Gasteiger partial charge in [0, 0.05) is 0 Å². The first-order valence-electron chi connectivity index (χ1n) is 11.8. The second-order valence-electron chi connectivity index (χ2n) is 7.96. The molecule has 0 aliphatic carbocycles. The fourth-order valence-corrected chi connectivity index (χ4v) is 4.48. The number of hydrogen-bond donors (Lipinski definition) is 1. The Labute approximate surface area is 180 Å². The van der Waals surface area contributed by atoms with Crippen LogP contribution in [-0.2, 0) is 18.8 Å². The van der Waals surface area contributed by atoms with Gasteiger partial charge in [-0.3, -0.25) is 0 Å². The monoisotopic (exact) mass is 434 g/mol. The van der Waals surface area contributed by atoms with Crippen LogP contribution >= 0.6 is 0 Å². The summed E-state index contributed by atoms with van der Waals surface area (Å²) < 4.78 is 33.6. The molecular weight excluding hydrogens is 388 g/mol. The van der Waals surface area contributed by atoms with Crippen LogP contribution in [0.5, 0.6) is 0 Å². The van der Waals surface area contributed by atoms with Crippen LogP contribution < -0.4 is 0 Å². The van der Waals surface area contributed by atoms with Crippen LogP contribution in [0.3, 0.4) is 0 Å². The molecule has 0 aromatic carbocycles. The number of hydrogen-bond acceptors (Lipinski definition) is 5. The maximum Gasteiger partial charge on any atom is 0.400 e. The molecule has 0 aliphatic rings. The highest BCUT2D eigenvalue weighted by Crippen LogP contribution is 2.26. The molecule has 0 aromatic heterocycles. The van der Waals surface area contributed by atoms with Crippen molar-refractivity contribution >= 4 is 10.4 Å². The summed E-state index contributed by atoms with van der Waals surface area (Å²) in [7, 11) is -4.13. The van der Waals surface area contributed by atoms with Gasteiger partial charge >= 0.3 is 10.4 Å². The molecule has 0 saturated carbocycles. The first kappa shape index (κ1) is 28.6. The smallest absolute Gasteiger partial charge is 0.390 e. The summed E-state index contributed by atoms with van der Waals surface area (Å²) in [5.41, 5.74) is -1.27. The molecule has 0 saturated heterocycles. The van der Waals surface area contributed by atoms with Crippen LogP contribution in [0.4, 0.5) is 0 Å². The molecule has 174 valence electrons. The van der Waals surface area contributed by atoms with Crippen molar-refractivity contribution in [1.82, 2.24) is 0 Å². The highest BCUT2D eigenvalue weighted by molar-refractivity contribution is 7.81. The molecule has 0 aromatic rings. The van der Waals surface area contributed by atoms with Crippen molar-refractivity contribution in [2.45, 2.75) is 129 Å². The lowest BCUT2D eigenvalue weighted by Crippen LogP contribution is -2.43. The van der Waals surface area contributed by atoms with E-state index in [2.05, 4.69) is 11.1 Å². The summed E-state index contributed by atoms with van der Waals surface area (Å²) in [5.74, 6) is 0.